The first-order valence-electron chi connectivity index (χ1n) is 4.48. The van der Waals surface area contributed by atoms with Gasteiger partial charge in [-0.1, -0.05) is 18.5 Å². The molecule has 1 amide bonds. The Bertz CT molecular complexity index is 196. The molecule has 1 fully saturated rings. The second-order valence-corrected chi connectivity index (χ2v) is 4.00. The van der Waals surface area contributed by atoms with E-state index in [4.69, 9.17) is 0 Å². The van der Waals surface area contributed by atoms with E-state index in [2.05, 4.69) is 22.5 Å². The minimum absolute atomic E-state index is 0.0621. The molecule has 0 spiro atoms. The van der Waals surface area contributed by atoms with Crippen molar-refractivity contribution in [1.82, 2.24) is 9.62 Å². The molecule has 0 radical (unpaired) electrons. The molecule has 4 heteroatoms. The van der Waals surface area contributed by atoms with Crippen molar-refractivity contribution in [1.29, 1.82) is 0 Å². The fourth-order valence-corrected chi connectivity index (χ4v) is 2.13. The van der Waals surface area contributed by atoms with Crippen LogP contribution in [-0.4, -0.2) is 35.6 Å². The Morgan fingerprint density at radius 1 is 1.77 bits per heavy atom. The van der Waals surface area contributed by atoms with Crippen molar-refractivity contribution in [3.05, 3.63) is 12.7 Å². The highest BCUT2D eigenvalue weighted by Gasteiger charge is 2.19. The zero-order chi connectivity index (χ0) is 9.68. The summed E-state index contributed by atoms with van der Waals surface area (Å²) in [4.78, 5) is 11.0. The predicted octanol–water partition coefficient (Wildman–Crippen LogP) is 1.03. The molecule has 0 bridgehead atoms. The van der Waals surface area contributed by atoms with Gasteiger partial charge >= 0.3 is 0 Å². The van der Waals surface area contributed by atoms with Crippen LogP contribution < -0.4 is 5.32 Å². The first-order chi connectivity index (χ1) is 6.26. The van der Waals surface area contributed by atoms with Gasteiger partial charge in [-0.2, -0.15) is 0 Å². The minimum Gasteiger partial charge on any atom is -0.349 e. The minimum atomic E-state index is -0.0621. The van der Waals surface area contributed by atoms with Crippen LogP contribution >= 0.6 is 11.9 Å². The predicted molar refractivity (Wildman–Crippen MR) is 56.4 cm³/mol. The number of piperidine rings is 1. The van der Waals surface area contributed by atoms with E-state index < -0.39 is 0 Å². The number of rotatable bonds is 3. The van der Waals surface area contributed by atoms with Crippen molar-refractivity contribution in [2.45, 2.75) is 18.9 Å². The fraction of sp³-hybridized carbons (Fsp3) is 0.667. The number of carbonyl (C=O) groups excluding carboxylic acids is 1. The van der Waals surface area contributed by atoms with E-state index in [1.807, 2.05) is 0 Å². The van der Waals surface area contributed by atoms with Gasteiger partial charge in [-0.15, -0.1) is 0 Å². The highest BCUT2D eigenvalue weighted by Crippen LogP contribution is 2.15. The lowest BCUT2D eigenvalue weighted by Crippen LogP contribution is -2.44. The van der Waals surface area contributed by atoms with E-state index in [-0.39, 0.29) is 5.91 Å². The van der Waals surface area contributed by atoms with E-state index in [1.165, 1.54) is 6.08 Å². The van der Waals surface area contributed by atoms with Gasteiger partial charge in [0.05, 0.1) is 0 Å². The van der Waals surface area contributed by atoms with Crippen molar-refractivity contribution in [2.75, 3.05) is 19.3 Å². The van der Waals surface area contributed by atoms with Crippen molar-refractivity contribution in [3.8, 4) is 0 Å². The number of carbonyl (C=O) groups is 1. The second-order valence-electron chi connectivity index (χ2n) is 3.12. The summed E-state index contributed by atoms with van der Waals surface area (Å²) in [6.45, 7) is 5.51. The van der Waals surface area contributed by atoms with Crippen LogP contribution in [-0.2, 0) is 4.79 Å². The van der Waals surface area contributed by atoms with E-state index in [0.29, 0.717) is 6.04 Å². The molecule has 1 rings (SSSR count). The lowest BCUT2D eigenvalue weighted by Gasteiger charge is -2.30. The Labute approximate surface area is 83.7 Å². The molecule has 1 heterocycles. The van der Waals surface area contributed by atoms with Crippen LogP contribution in [0, 0.1) is 0 Å². The maximum Gasteiger partial charge on any atom is 0.243 e. The lowest BCUT2D eigenvalue weighted by atomic mass is 10.1. The Morgan fingerprint density at radius 3 is 3.15 bits per heavy atom. The lowest BCUT2D eigenvalue weighted by molar-refractivity contribution is -0.117. The first kappa shape index (κ1) is 10.6. The summed E-state index contributed by atoms with van der Waals surface area (Å²) in [6, 6.07) is 0.298. The Kier molecular flexibility index (Phi) is 4.32. The zero-order valence-corrected chi connectivity index (χ0v) is 8.77. The van der Waals surface area contributed by atoms with Gasteiger partial charge < -0.3 is 5.32 Å². The quantitative estimate of drug-likeness (QED) is 0.545. The summed E-state index contributed by atoms with van der Waals surface area (Å²) < 4.78 is 2.28. The van der Waals surface area contributed by atoms with Gasteiger partial charge in [0.2, 0.25) is 5.91 Å². The largest absolute Gasteiger partial charge is 0.349 e. The number of nitrogens with one attached hydrogen (secondary N) is 1. The summed E-state index contributed by atoms with van der Waals surface area (Å²) in [7, 11) is 0. The summed E-state index contributed by atoms with van der Waals surface area (Å²) >= 11 is 1.74. The molecule has 3 nitrogen and oxygen atoms in total. The molecule has 1 N–H and O–H groups in total. The normalized spacial score (nSPS) is 23.9. The van der Waals surface area contributed by atoms with Gasteiger partial charge in [0.1, 0.15) is 0 Å². The number of nitrogens with zero attached hydrogens (tertiary/aromatic N) is 1. The van der Waals surface area contributed by atoms with Gasteiger partial charge in [-0.25, -0.2) is 4.31 Å². The van der Waals surface area contributed by atoms with Crippen LogP contribution in [0.2, 0.25) is 0 Å². The molecule has 13 heavy (non-hydrogen) atoms. The molecule has 1 atom stereocenters. The monoisotopic (exact) mass is 200 g/mol. The van der Waals surface area contributed by atoms with Gasteiger partial charge in [0.15, 0.2) is 0 Å². The third kappa shape index (κ3) is 3.40. The van der Waals surface area contributed by atoms with E-state index in [9.17, 15) is 4.79 Å². The average molecular weight is 200 g/mol. The van der Waals surface area contributed by atoms with Crippen LogP contribution in [0.3, 0.4) is 0 Å². The molecular weight excluding hydrogens is 184 g/mol. The zero-order valence-electron chi connectivity index (χ0n) is 7.95. The molecule has 0 aliphatic carbocycles. The standard InChI is InChI=1S/C9H16N2OS/c1-3-9(12)10-8-5-4-6-11(7-8)13-2/h3,8H,1,4-7H2,2H3,(H,10,12). The Hall–Kier alpha value is -0.480. The Balaban J connectivity index is 2.33. The maximum atomic E-state index is 11.0. The number of hydrogen-bond donors (Lipinski definition) is 1. The van der Waals surface area contributed by atoms with Crippen molar-refractivity contribution >= 4 is 17.9 Å². The van der Waals surface area contributed by atoms with Crippen molar-refractivity contribution in [2.24, 2.45) is 0 Å². The maximum absolute atomic E-state index is 11.0. The molecule has 0 aromatic heterocycles. The summed E-state index contributed by atoms with van der Waals surface area (Å²) in [6.07, 6.45) is 5.63. The smallest absolute Gasteiger partial charge is 0.243 e. The van der Waals surface area contributed by atoms with Crippen LogP contribution in [0.15, 0.2) is 12.7 Å². The third-order valence-electron chi connectivity index (χ3n) is 2.17. The first-order valence-corrected chi connectivity index (χ1v) is 5.66. The van der Waals surface area contributed by atoms with Gasteiger partial charge in [0, 0.05) is 19.1 Å². The third-order valence-corrected chi connectivity index (χ3v) is 3.02. The number of hydrogen-bond acceptors (Lipinski definition) is 3. The van der Waals surface area contributed by atoms with Crippen LogP contribution in [0.4, 0.5) is 0 Å². The SMILES string of the molecule is C=CC(=O)NC1CCCN(SC)C1. The van der Waals surface area contributed by atoms with Crippen LogP contribution in [0.25, 0.3) is 0 Å². The molecule has 1 aliphatic rings. The topological polar surface area (TPSA) is 32.3 Å². The molecule has 0 aromatic carbocycles. The van der Waals surface area contributed by atoms with Gasteiger partial charge in [-0.3, -0.25) is 4.79 Å². The molecule has 1 unspecified atom stereocenters. The van der Waals surface area contributed by atoms with Gasteiger partial charge in [-0.05, 0) is 25.2 Å². The average Bonchev–Trinajstić information content (AvgIpc) is 2.18. The molecule has 0 saturated carbocycles. The molecule has 0 aromatic rings. The van der Waals surface area contributed by atoms with Crippen LogP contribution in [0.5, 0.6) is 0 Å². The number of amides is 1. The molecule has 1 saturated heterocycles. The second kappa shape index (κ2) is 5.29. The summed E-state index contributed by atoms with van der Waals surface area (Å²) in [5, 5.41) is 2.92. The molecular formula is C9H16N2OS. The van der Waals surface area contributed by atoms with Gasteiger partial charge in [0.25, 0.3) is 0 Å². The highest BCUT2D eigenvalue weighted by molar-refractivity contribution is 7.96. The fourth-order valence-electron chi connectivity index (χ4n) is 1.49. The highest BCUT2D eigenvalue weighted by atomic mass is 32.2. The molecule has 1 aliphatic heterocycles. The summed E-state index contributed by atoms with van der Waals surface area (Å²) in [5.41, 5.74) is 0. The van der Waals surface area contributed by atoms with E-state index in [0.717, 1.165) is 25.9 Å². The van der Waals surface area contributed by atoms with Crippen molar-refractivity contribution < 1.29 is 4.79 Å². The Morgan fingerprint density at radius 2 is 2.54 bits per heavy atom. The van der Waals surface area contributed by atoms with E-state index in [1.54, 1.807) is 11.9 Å². The van der Waals surface area contributed by atoms with Crippen molar-refractivity contribution in [3.63, 3.8) is 0 Å². The molecule has 74 valence electrons. The van der Waals surface area contributed by atoms with Crippen LogP contribution in [0.1, 0.15) is 12.8 Å². The van der Waals surface area contributed by atoms with E-state index >= 15 is 0 Å². The summed E-state index contributed by atoms with van der Waals surface area (Å²) in [5.74, 6) is -0.0621.